The van der Waals surface area contributed by atoms with E-state index >= 15 is 0 Å². The second-order valence-electron chi connectivity index (χ2n) is 7.14. The van der Waals surface area contributed by atoms with Gasteiger partial charge in [0.2, 0.25) is 5.13 Å². The number of urea groups is 1. The Labute approximate surface area is 167 Å². The predicted molar refractivity (Wildman–Crippen MR) is 112 cm³/mol. The van der Waals surface area contributed by atoms with Gasteiger partial charge >= 0.3 is 6.03 Å². The number of anilines is 3. The fourth-order valence-corrected chi connectivity index (χ4v) is 3.06. The zero-order chi connectivity index (χ0) is 20.1. The van der Waals surface area contributed by atoms with Crippen molar-refractivity contribution in [1.82, 2.24) is 10.2 Å². The zero-order valence-corrected chi connectivity index (χ0v) is 16.6. The van der Waals surface area contributed by atoms with Crippen LogP contribution in [0, 0.1) is 0 Å². The SMILES string of the molecule is CC(C)(C)c1nnc(NC(=O)c2ccc(NC(=O)Nc3ccccc3)cc2)s1. The number of aromatic nitrogens is 2. The van der Waals surface area contributed by atoms with Crippen molar-refractivity contribution in [2.24, 2.45) is 0 Å². The molecule has 0 aliphatic carbocycles. The number of hydrogen-bond acceptors (Lipinski definition) is 5. The third kappa shape index (κ3) is 5.14. The lowest BCUT2D eigenvalue weighted by molar-refractivity contribution is 0.102. The van der Waals surface area contributed by atoms with Gasteiger partial charge in [-0.25, -0.2) is 4.79 Å². The Morgan fingerprint density at radius 3 is 2.00 bits per heavy atom. The average molecular weight is 395 g/mol. The molecule has 0 aliphatic heterocycles. The normalized spacial score (nSPS) is 11.0. The van der Waals surface area contributed by atoms with Gasteiger partial charge in [0.1, 0.15) is 5.01 Å². The zero-order valence-electron chi connectivity index (χ0n) is 15.8. The highest BCUT2D eigenvalue weighted by Gasteiger charge is 2.20. The number of nitrogens with one attached hydrogen (secondary N) is 3. The third-order valence-corrected chi connectivity index (χ3v) is 4.99. The highest BCUT2D eigenvalue weighted by molar-refractivity contribution is 7.15. The molecule has 1 aromatic heterocycles. The molecule has 144 valence electrons. The first kappa shape index (κ1) is 19.5. The Morgan fingerprint density at radius 2 is 1.43 bits per heavy atom. The monoisotopic (exact) mass is 395 g/mol. The summed E-state index contributed by atoms with van der Waals surface area (Å²) in [5, 5.41) is 17.6. The molecule has 2 aromatic carbocycles. The van der Waals surface area contributed by atoms with Crippen LogP contribution in [-0.4, -0.2) is 22.1 Å². The molecule has 0 bridgehead atoms. The molecule has 7 nitrogen and oxygen atoms in total. The van der Waals surface area contributed by atoms with Crippen LogP contribution in [0.3, 0.4) is 0 Å². The average Bonchev–Trinajstić information content (AvgIpc) is 3.12. The van der Waals surface area contributed by atoms with Crippen molar-refractivity contribution in [3.8, 4) is 0 Å². The molecular formula is C20H21N5O2S. The first-order valence-electron chi connectivity index (χ1n) is 8.70. The summed E-state index contributed by atoms with van der Waals surface area (Å²) in [4.78, 5) is 24.4. The van der Waals surface area contributed by atoms with Crippen LogP contribution in [0.25, 0.3) is 0 Å². The van der Waals surface area contributed by atoms with Gasteiger partial charge in [0.25, 0.3) is 5.91 Å². The number of carbonyl (C=O) groups is 2. The molecule has 0 aliphatic rings. The molecule has 0 fully saturated rings. The minimum atomic E-state index is -0.355. The van der Waals surface area contributed by atoms with E-state index in [0.717, 1.165) is 5.01 Å². The van der Waals surface area contributed by atoms with E-state index in [-0.39, 0.29) is 17.4 Å². The largest absolute Gasteiger partial charge is 0.323 e. The molecule has 0 atom stereocenters. The van der Waals surface area contributed by atoms with Crippen LogP contribution in [-0.2, 0) is 5.41 Å². The van der Waals surface area contributed by atoms with E-state index in [9.17, 15) is 9.59 Å². The number of carbonyl (C=O) groups excluding carboxylic acids is 2. The van der Waals surface area contributed by atoms with Crippen LogP contribution in [0.5, 0.6) is 0 Å². The summed E-state index contributed by atoms with van der Waals surface area (Å²) < 4.78 is 0. The van der Waals surface area contributed by atoms with Crippen molar-refractivity contribution in [3.05, 3.63) is 65.2 Å². The Balaban J connectivity index is 1.58. The lowest BCUT2D eigenvalue weighted by Gasteiger charge is -2.12. The number of rotatable bonds is 4. The number of hydrogen-bond donors (Lipinski definition) is 3. The minimum absolute atomic E-state index is 0.117. The number of para-hydroxylation sites is 1. The standard InChI is InChI=1S/C20H21N5O2S/c1-20(2,3)17-24-25-19(28-17)23-16(26)13-9-11-15(12-10-13)22-18(27)21-14-7-5-4-6-8-14/h4-12H,1-3H3,(H2,21,22,27)(H,23,25,26). The molecule has 3 aromatic rings. The maximum atomic E-state index is 12.4. The van der Waals surface area contributed by atoms with Crippen LogP contribution < -0.4 is 16.0 Å². The maximum Gasteiger partial charge on any atom is 0.323 e. The van der Waals surface area contributed by atoms with Crippen molar-refractivity contribution in [3.63, 3.8) is 0 Å². The highest BCUT2D eigenvalue weighted by Crippen LogP contribution is 2.27. The van der Waals surface area contributed by atoms with E-state index in [4.69, 9.17) is 0 Å². The van der Waals surface area contributed by atoms with Gasteiger partial charge in [-0.05, 0) is 36.4 Å². The summed E-state index contributed by atoms with van der Waals surface area (Å²) in [5.41, 5.74) is 1.62. The highest BCUT2D eigenvalue weighted by atomic mass is 32.1. The fourth-order valence-electron chi connectivity index (χ4n) is 2.27. The van der Waals surface area contributed by atoms with Crippen molar-refractivity contribution in [2.75, 3.05) is 16.0 Å². The van der Waals surface area contributed by atoms with E-state index in [0.29, 0.717) is 22.1 Å². The van der Waals surface area contributed by atoms with E-state index in [1.165, 1.54) is 11.3 Å². The fraction of sp³-hybridized carbons (Fsp3) is 0.200. The second kappa shape index (κ2) is 8.18. The van der Waals surface area contributed by atoms with Crippen LogP contribution in [0.4, 0.5) is 21.3 Å². The van der Waals surface area contributed by atoms with Crippen LogP contribution in [0.2, 0.25) is 0 Å². The molecule has 3 amide bonds. The Bertz CT molecular complexity index is 962. The molecule has 0 unspecified atom stereocenters. The van der Waals surface area contributed by atoms with Gasteiger partial charge in [0.05, 0.1) is 0 Å². The quantitative estimate of drug-likeness (QED) is 0.595. The molecule has 0 saturated carbocycles. The summed E-state index contributed by atoms with van der Waals surface area (Å²) in [6.07, 6.45) is 0. The molecule has 28 heavy (non-hydrogen) atoms. The van der Waals surface area contributed by atoms with Gasteiger partial charge in [-0.2, -0.15) is 0 Å². The molecule has 0 radical (unpaired) electrons. The molecule has 3 rings (SSSR count). The van der Waals surface area contributed by atoms with Gasteiger partial charge in [0.15, 0.2) is 0 Å². The van der Waals surface area contributed by atoms with Crippen molar-refractivity contribution < 1.29 is 9.59 Å². The van der Waals surface area contributed by atoms with Gasteiger partial charge in [-0.3, -0.25) is 10.1 Å². The maximum absolute atomic E-state index is 12.4. The summed E-state index contributed by atoms with van der Waals surface area (Å²) in [6, 6.07) is 15.4. The third-order valence-electron chi connectivity index (χ3n) is 3.72. The summed E-state index contributed by atoms with van der Waals surface area (Å²) in [6.45, 7) is 6.12. The molecule has 8 heteroatoms. The van der Waals surface area contributed by atoms with E-state index in [2.05, 4.69) is 26.1 Å². The predicted octanol–water partition coefficient (Wildman–Crippen LogP) is 4.73. The lowest BCUT2D eigenvalue weighted by atomic mass is 9.98. The topological polar surface area (TPSA) is 96.0 Å². The van der Waals surface area contributed by atoms with Crippen LogP contribution >= 0.6 is 11.3 Å². The summed E-state index contributed by atoms with van der Waals surface area (Å²) in [5.74, 6) is -0.281. The van der Waals surface area contributed by atoms with E-state index in [1.807, 2.05) is 39.0 Å². The van der Waals surface area contributed by atoms with Crippen molar-refractivity contribution in [2.45, 2.75) is 26.2 Å². The Kier molecular flexibility index (Phi) is 5.70. The summed E-state index contributed by atoms with van der Waals surface area (Å²) >= 11 is 1.36. The van der Waals surface area contributed by atoms with Crippen LogP contribution in [0.15, 0.2) is 54.6 Å². The van der Waals surface area contributed by atoms with E-state index in [1.54, 1.807) is 36.4 Å². The number of nitrogens with zero attached hydrogens (tertiary/aromatic N) is 2. The van der Waals surface area contributed by atoms with Crippen LogP contribution in [0.1, 0.15) is 36.1 Å². The van der Waals surface area contributed by atoms with Crippen molar-refractivity contribution in [1.29, 1.82) is 0 Å². The first-order chi connectivity index (χ1) is 13.3. The Hall–Kier alpha value is -3.26. The first-order valence-corrected chi connectivity index (χ1v) is 9.51. The smallest absolute Gasteiger partial charge is 0.308 e. The van der Waals surface area contributed by atoms with Crippen molar-refractivity contribution >= 4 is 39.8 Å². The van der Waals surface area contributed by atoms with Gasteiger partial charge < -0.3 is 10.6 Å². The number of amides is 3. The van der Waals surface area contributed by atoms with Gasteiger partial charge in [0, 0.05) is 22.4 Å². The molecule has 0 spiro atoms. The molecular weight excluding hydrogens is 374 g/mol. The minimum Gasteiger partial charge on any atom is -0.308 e. The molecule has 1 heterocycles. The second-order valence-corrected chi connectivity index (χ2v) is 8.12. The Morgan fingerprint density at radius 1 is 0.821 bits per heavy atom. The van der Waals surface area contributed by atoms with Gasteiger partial charge in [-0.15, -0.1) is 10.2 Å². The number of benzene rings is 2. The lowest BCUT2D eigenvalue weighted by Crippen LogP contribution is -2.19. The molecule has 3 N–H and O–H groups in total. The molecule has 0 saturated heterocycles. The van der Waals surface area contributed by atoms with E-state index < -0.39 is 0 Å². The van der Waals surface area contributed by atoms with Gasteiger partial charge in [-0.1, -0.05) is 50.3 Å². The summed E-state index contributed by atoms with van der Waals surface area (Å²) in [7, 11) is 0.